The molecule has 0 spiro atoms. The molecule has 2 rings (SSSR count). The molecule has 0 aliphatic heterocycles. The van der Waals surface area contributed by atoms with Crippen molar-refractivity contribution in [3.8, 4) is 0 Å². The van der Waals surface area contributed by atoms with Crippen molar-refractivity contribution in [3.63, 3.8) is 0 Å². The zero-order valence-corrected chi connectivity index (χ0v) is 11.4. The van der Waals surface area contributed by atoms with Gasteiger partial charge in [-0.2, -0.15) is 5.10 Å². The molecule has 6 nitrogen and oxygen atoms in total. The predicted molar refractivity (Wildman–Crippen MR) is 71.2 cm³/mol. The fourth-order valence-electron chi connectivity index (χ4n) is 1.45. The van der Waals surface area contributed by atoms with Crippen LogP contribution in [0.25, 0.3) is 0 Å². The van der Waals surface area contributed by atoms with Gasteiger partial charge >= 0.3 is 6.03 Å². The normalized spacial score (nSPS) is 10.2. The molecule has 2 amide bonds. The minimum Gasteiger partial charge on any atom is -0.337 e. The number of urea groups is 1. The Balaban J connectivity index is 1.80. The molecule has 0 fully saturated rings. The summed E-state index contributed by atoms with van der Waals surface area (Å²) in [7, 11) is 0. The van der Waals surface area contributed by atoms with Gasteiger partial charge in [-0.25, -0.2) is 14.2 Å². The molecule has 0 aliphatic rings. The molecule has 0 radical (unpaired) electrons. The maximum atomic E-state index is 13.1. The van der Waals surface area contributed by atoms with Gasteiger partial charge in [-0.15, -0.1) is 0 Å². The van der Waals surface area contributed by atoms with Crippen molar-refractivity contribution in [2.75, 3.05) is 11.9 Å². The van der Waals surface area contributed by atoms with Crippen LogP contribution < -0.4 is 10.6 Å². The van der Waals surface area contributed by atoms with Gasteiger partial charge in [0, 0.05) is 23.1 Å². The third kappa shape index (κ3) is 4.32. The maximum absolute atomic E-state index is 13.1. The van der Waals surface area contributed by atoms with Gasteiger partial charge in [0.05, 0.1) is 0 Å². The van der Waals surface area contributed by atoms with Crippen LogP contribution in [0.15, 0.2) is 29.0 Å². The van der Waals surface area contributed by atoms with E-state index in [1.54, 1.807) is 6.07 Å². The summed E-state index contributed by atoms with van der Waals surface area (Å²) in [5.74, 6) is 0.264. The molecule has 0 bridgehead atoms. The Hall–Kier alpha value is -1.96. The molecule has 1 aromatic carbocycles. The van der Waals surface area contributed by atoms with Crippen molar-refractivity contribution in [3.05, 3.63) is 40.6 Å². The molecule has 8 heteroatoms. The Morgan fingerprint density at radius 1 is 1.42 bits per heavy atom. The topological polar surface area (TPSA) is 82.7 Å². The number of H-pyrrole nitrogens is 1. The summed E-state index contributed by atoms with van der Waals surface area (Å²) in [5.41, 5.74) is 0.379. The van der Waals surface area contributed by atoms with Gasteiger partial charge in [0.25, 0.3) is 0 Å². The van der Waals surface area contributed by atoms with Crippen molar-refractivity contribution in [2.45, 2.75) is 6.42 Å². The van der Waals surface area contributed by atoms with Crippen molar-refractivity contribution in [1.82, 2.24) is 20.5 Å². The molecule has 2 aromatic rings. The van der Waals surface area contributed by atoms with Crippen LogP contribution >= 0.6 is 15.9 Å². The Labute approximate surface area is 116 Å². The smallest absolute Gasteiger partial charge is 0.319 e. The molecule has 3 N–H and O–H groups in total. The fourth-order valence-corrected chi connectivity index (χ4v) is 1.91. The van der Waals surface area contributed by atoms with Gasteiger partial charge in [-0.1, -0.05) is 15.9 Å². The lowest BCUT2D eigenvalue weighted by Crippen LogP contribution is -2.30. The SMILES string of the molecule is O=C(NCCc1ncn[nH]1)Nc1cc(F)cc(Br)c1. The predicted octanol–water partition coefficient (Wildman–Crippen LogP) is 2.07. The first kappa shape index (κ1) is 13.5. The number of halogens is 2. The zero-order valence-electron chi connectivity index (χ0n) is 9.78. The number of nitrogens with one attached hydrogen (secondary N) is 3. The van der Waals surface area contributed by atoms with Crippen molar-refractivity contribution < 1.29 is 9.18 Å². The second-order valence-corrected chi connectivity index (χ2v) is 4.64. The van der Waals surface area contributed by atoms with Crippen LogP contribution in [0, 0.1) is 5.82 Å². The number of hydrogen-bond acceptors (Lipinski definition) is 3. The molecular weight excluding hydrogens is 317 g/mol. The average Bonchev–Trinajstić information content (AvgIpc) is 2.80. The molecule has 0 unspecified atom stereocenters. The average molecular weight is 328 g/mol. The highest BCUT2D eigenvalue weighted by atomic mass is 79.9. The number of aromatic nitrogens is 3. The third-order valence-electron chi connectivity index (χ3n) is 2.23. The monoisotopic (exact) mass is 327 g/mol. The second-order valence-electron chi connectivity index (χ2n) is 3.72. The van der Waals surface area contributed by atoms with Crippen LogP contribution in [0.5, 0.6) is 0 Å². The van der Waals surface area contributed by atoms with Crippen LogP contribution in [0.2, 0.25) is 0 Å². The minimum absolute atomic E-state index is 0.379. The largest absolute Gasteiger partial charge is 0.337 e. The van der Waals surface area contributed by atoms with E-state index < -0.39 is 11.8 Å². The summed E-state index contributed by atoms with van der Waals surface area (Å²) < 4.78 is 13.7. The van der Waals surface area contributed by atoms with Crippen LogP contribution in [0.1, 0.15) is 5.82 Å². The number of carbonyl (C=O) groups is 1. The molecule has 1 heterocycles. The molecule has 1 aromatic heterocycles. The van der Waals surface area contributed by atoms with E-state index in [4.69, 9.17) is 0 Å². The number of hydrogen-bond donors (Lipinski definition) is 3. The highest BCUT2D eigenvalue weighted by Gasteiger charge is 2.04. The molecular formula is C11H11BrFN5O. The maximum Gasteiger partial charge on any atom is 0.319 e. The quantitative estimate of drug-likeness (QED) is 0.803. The van der Waals surface area contributed by atoms with Gasteiger partial charge in [0.15, 0.2) is 0 Å². The Morgan fingerprint density at radius 2 is 2.26 bits per heavy atom. The van der Waals surface area contributed by atoms with Crippen LogP contribution in [-0.4, -0.2) is 27.8 Å². The highest BCUT2D eigenvalue weighted by molar-refractivity contribution is 9.10. The van der Waals surface area contributed by atoms with E-state index in [-0.39, 0.29) is 0 Å². The lowest BCUT2D eigenvalue weighted by Gasteiger charge is -2.07. The summed E-state index contributed by atoms with van der Waals surface area (Å²) in [5, 5.41) is 11.6. The molecule has 0 aliphatic carbocycles. The van der Waals surface area contributed by atoms with Gasteiger partial charge in [-0.3, -0.25) is 5.10 Å². The summed E-state index contributed by atoms with van der Waals surface area (Å²) >= 11 is 3.15. The number of anilines is 1. The first-order chi connectivity index (χ1) is 9.13. The molecule has 0 saturated heterocycles. The van der Waals surface area contributed by atoms with Gasteiger partial charge in [-0.05, 0) is 18.2 Å². The van der Waals surface area contributed by atoms with Gasteiger partial charge < -0.3 is 10.6 Å². The highest BCUT2D eigenvalue weighted by Crippen LogP contribution is 2.18. The van der Waals surface area contributed by atoms with Crippen molar-refractivity contribution in [1.29, 1.82) is 0 Å². The molecule has 0 atom stereocenters. The third-order valence-corrected chi connectivity index (χ3v) is 2.69. The first-order valence-corrected chi connectivity index (χ1v) is 6.28. The number of nitrogens with zero attached hydrogens (tertiary/aromatic N) is 2. The van der Waals surface area contributed by atoms with E-state index in [1.165, 1.54) is 18.5 Å². The van der Waals surface area contributed by atoms with E-state index in [2.05, 4.69) is 41.7 Å². The molecule has 100 valence electrons. The van der Waals surface area contributed by atoms with Crippen LogP contribution in [-0.2, 0) is 6.42 Å². The van der Waals surface area contributed by atoms with Crippen molar-refractivity contribution >= 4 is 27.6 Å². The fraction of sp³-hybridized carbons (Fsp3) is 0.182. The Bertz CT molecular complexity index is 540. The lowest BCUT2D eigenvalue weighted by atomic mass is 10.3. The summed E-state index contributed by atoms with van der Waals surface area (Å²) in [6.45, 7) is 0.400. The number of aromatic amines is 1. The second kappa shape index (κ2) is 6.28. The lowest BCUT2D eigenvalue weighted by molar-refractivity contribution is 0.252. The number of rotatable bonds is 4. The molecule has 0 saturated carbocycles. The number of amides is 2. The molecule has 19 heavy (non-hydrogen) atoms. The number of carbonyl (C=O) groups excluding carboxylic acids is 1. The van der Waals surface area contributed by atoms with Gasteiger partial charge in [0.1, 0.15) is 18.0 Å². The van der Waals surface area contributed by atoms with Crippen LogP contribution in [0.4, 0.5) is 14.9 Å². The van der Waals surface area contributed by atoms with Crippen molar-refractivity contribution in [2.24, 2.45) is 0 Å². The number of benzene rings is 1. The zero-order chi connectivity index (χ0) is 13.7. The summed E-state index contributed by atoms with van der Waals surface area (Å²) in [6, 6.07) is 3.75. The Morgan fingerprint density at radius 3 is 2.95 bits per heavy atom. The summed E-state index contributed by atoms with van der Waals surface area (Å²) in [4.78, 5) is 15.5. The van der Waals surface area contributed by atoms with Gasteiger partial charge in [0.2, 0.25) is 0 Å². The standard InChI is InChI=1S/C11H11BrFN5O/c12-7-3-8(13)5-9(4-7)17-11(19)14-2-1-10-15-6-16-18-10/h3-6H,1-2H2,(H2,14,17,19)(H,15,16,18). The van der Waals surface area contributed by atoms with E-state index in [0.29, 0.717) is 29.0 Å². The Kier molecular flexibility index (Phi) is 4.45. The van der Waals surface area contributed by atoms with E-state index in [9.17, 15) is 9.18 Å². The van der Waals surface area contributed by atoms with Crippen LogP contribution in [0.3, 0.4) is 0 Å². The van der Waals surface area contributed by atoms with E-state index in [1.807, 2.05) is 0 Å². The first-order valence-electron chi connectivity index (χ1n) is 5.48. The minimum atomic E-state index is -0.425. The van der Waals surface area contributed by atoms with E-state index in [0.717, 1.165) is 0 Å². The summed E-state index contributed by atoms with van der Waals surface area (Å²) in [6.07, 6.45) is 1.94. The van der Waals surface area contributed by atoms with E-state index >= 15 is 0 Å².